The van der Waals surface area contributed by atoms with Crippen molar-refractivity contribution in [3.05, 3.63) is 62.1 Å². The predicted octanol–water partition coefficient (Wildman–Crippen LogP) is 6.48. The molecule has 0 spiro atoms. The van der Waals surface area contributed by atoms with Gasteiger partial charge in [-0.05, 0) is 79.7 Å². The smallest absolute Gasteiger partial charge is 0.0926 e. The topological polar surface area (TPSA) is 36.4 Å². The molecule has 2 aromatic carbocycles. The van der Waals surface area contributed by atoms with Gasteiger partial charge in [0.1, 0.15) is 0 Å². The molecule has 1 aliphatic heterocycles. The van der Waals surface area contributed by atoms with Gasteiger partial charge in [-0.1, -0.05) is 47.3 Å². The highest BCUT2D eigenvalue weighted by Gasteiger charge is 2.28. The second kappa shape index (κ2) is 8.29. The number of nitrogens with zero attached hydrogens (tertiary/aromatic N) is 2. The largest absolute Gasteiger partial charge is 0.387 e. The van der Waals surface area contributed by atoms with E-state index in [1.807, 2.05) is 24.3 Å². The summed E-state index contributed by atoms with van der Waals surface area (Å²) in [7, 11) is 0. The number of fused-ring (bicyclic) bond motifs is 4. The van der Waals surface area contributed by atoms with Crippen LogP contribution in [0.15, 0.2) is 30.3 Å². The molecule has 156 valence electrons. The number of likely N-dealkylation sites (tertiary alicyclic amines) is 1. The maximum atomic E-state index is 11.4. The number of hydrogen-bond donors (Lipinski definition) is 1. The van der Waals surface area contributed by atoms with Gasteiger partial charge in [0.2, 0.25) is 0 Å². The molecule has 1 N–H and O–H groups in total. The first-order valence-electron chi connectivity index (χ1n) is 10.5. The average molecular weight is 462 g/mol. The molecular formula is C24H23Cl3N2O. The number of piperidine rings is 1. The molecule has 1 saturated heterocycles. The zero-order valence-corrected chi connectivity index (χ0v) is 18.9. The van der Waals surface area contributed by atoms with Crippen molar-refractivity contribution in [2.75, 3.05) is 19.6 Å². The van der Waals surface area contributed by atoms with E-state index in [2.05, 4.69) is 4.90 Å². The minimum absolute atomic E-state index is 0.507. The number of aromatic nitrogens is 1. The SMILES string of the molecule is OC(CN1CCCCC1)c1c2c(nc3c(Cl)cc(Cl)cc13)-c1ccc(Cl)cc1CC2. The number of aliphatic hydroxyl groups excluding tert-OH is 1. The summed E-state index contributed by atoms with van der Waals surface area (Å²) in [6.45, 7) is 2.68. The Labute approximate surface area is 191 Å². The second-order valence-electron chi connectivity index (χ2n) is 8.31. The highest BCUT2D eigenvalue weighted by molar-refractivity contribution is 6.38. The van der Waals surface area contributed by atoms with Gasteiger partial charge in [0.25, 0.3) is 0 Å². The normalized spacial score (nSPS) is 17.6. The number of benzene rings is 2. The minimum atomic E-state index is -0.620. The van der Waals surface area contributed by atoms with Gasteiger partial charge in [-0.25, -0.2) is 4.98 Å². The summed E-state index contributed by atoms with van der Waals surface area (Å²) >= 11 is 19.2. The third-order valence-electron chi connectivity index (χ3n) is 6.33. The Bertz CT molecular complexity index is 1130. The molecule has 5 rings (SSSR count). The molecule has 0 bridgehead atoms. The molecule has 1 aromatic heterocycles. The number of aryl methyl sites for hydroxylation is 1. The molecule has 3 nitrogen and oxygen atoms in total. The van der Waals surface area contributed by atoms with Crippen LogP contribution in [0.2, 0.25) is 15.1 Å². The van der Waals surface area contributed by atoms with Crippen LogP contribution >= 0.6 is 34.8 Å². The van der Waals surface area contributed by atoms with E-state index in [0.717, 1.165) is 58.7 Å². The van der Waals surface area contributed by atoms with E-state index in [4.69, 9.17) is 39.8 Å². The molecule has 1 unspecified atom stereocenters. The van der Waals surface area contributed by atoms with Crippen molar-refractivity contribution in [3.63, 3.8) is 0 Å². The summed E-state index contributed by atoms with van der Waals surface area (Å²) in [6, 6.07) is 9.55. The molecule has 0 radical (unpaired) electrons. The van der Waals surface area contributed by atoms with Gasteiger partial charge in [0, 0.05) is 27.5 Å². The zero-order chi connectivity index (χ0) is 20.8. The summed E-state index contributed by atoms with van der Waals surface area (Å²) in [6.07, 6.45) is 4.70. The molecule has 1 fully saturated rings. The van der Waals surface area contributed by atoms with Crippen molar-refractivity contribution >= 4 is 45.7 Å². The van der Waals surface area contributed by atoms with Gasteiger partial charge in [-0.2, -0.15) is 0 Å². The monoisotopic (exact) mass is 460 g/mol. The number of pyridine rings is 1. The highest BCUT2D eigenvalue weighted by Crippen LogP contribution is 2.42. The fourth-order valence-electron chi connectivity index (χ4n) is 4.95. The Hall–Kier alpha value is -1.36. The third-order valence-corrected chi connectivity index (χ3v) is 7.07. The van der Waals surface area contributed by atoms with Crippen LogP contribution in [-0.2, 0) is 12.8 Å². The van der Waals surface area contributed by atoms with Crippen LogP contribution in [0.1, 0.15) is 42.1 Å². The van der Waals surface area contributed by atoms with E-state index >= 15 is 0 Å². The van der Waals surface area contributed by atoms with E-state index in [1.165, 1.54) is 24.8 Å². The van der Waals surface area contributed by atoms with Gasteiger partial charge >= 0.3 is 0 Å². The number of aliphatic hydroxyl groups is 1. The third kappa shape index (κ3) is 3.72. The lowest BCUT2D eigenvalue weighted by atomic mass is 9.83. The molecule has 3 aromatic rings. The first kappa shape index (κ1) is 20.5. The minimum Gasteiger partial charge on any atom is -0.387 e. The molecule has 6 heteroatoms. The van der Waals surface area contributed by atoms with E-state index in [-0.39, 0.29) is 0 Å². The summed E-state index contributed by atoms with van der Waals surface area (Å²) in [5, 5.41) is 14.1. The first-order valence-corrected chi connectivity index (χ1v) is 11.7. The maximum Gasteiger partial charge on any atom is 0.0926 e. The molecule has 30 heavy (non-hydrogen) atoms. The fourth-order valence-corrected chi connectivity index (χ4v) is 5.68. The second-order valence-corrected chi connectivity index (χ2v) is 9.60. The lowest BCUT2D eigenvalue weighted by Gasteiger charge is -2.31. The van der Waals surface area contributed by atoms with Crippen molar-refractivity contribution in [2.24, 2.45) is 0 Å². The van der Waals surface area contributed by atoms with Crippen molar-refractivity contribution in [1.82, 2.24) is 9.88 Å². The number of hydrogen-bond acceptors (Lipinski definition) is 3. The summed E-state index contributed by atoms with van der Waals surface area (Å²) in [4.78, 5) is 7.32. The van der Waals surface area contributed by atoms with Crippen LogP contribution in [0.3, 0.4) is 0 Å². The molecule has 2 aliphatic rings. The van der Waals surface area contributed by atoms with Gasteiger partial charge in [-0.15, -0.1) is 0 Å². The first-order chi connectivity index (χ1) is 14.5. The van der Waals surface area contributed by atoms with Crippen molar-refractivity contribution < 1.29 is 5.11 Å². The summed E-state index contributed by atoms with van der Waals surface area (Å²) in [5.74, 6) is 0. The van der Waals surface area contributed by atoms with Gasteiger partial charge < -0.3 is 10.0 Å². The number of halogens is 3. The predicted molar refractivity (Wildman–Crippen MR) is 125 cm³/mol. The van der Waals surface area contributed by atoms with E-state index < -0.39 is 6.10 Å². The Morgan fingerprint density at radius 1 is 0.967 bits per heavy atom. The fraction of sp³-hybridized carbons (Fsp3) is 0.375. The Kier molecular flexibility index (Phi) is 5.68. The lowest BCUT2D eigenvalue weighted by molar-refractivity contribution is 0.102. The van der Waals surface area contributed by atoms with Crippen LogP contribution in [0, 0.1) is 0 Å². The summed E-state index contributed by atoms with van der Waals surface area (Å²) < 4.78 is 0. The Morgan fingerprint density at radius 2 is 1.77 bits per heavy atom. The number of rotatable bonds is 3. The van der Waals surface area contributed by atoms with Gasteiger partial charge in [0.05, 0.1) is 22.3 Å². The van der Waals surface area contributed by atoms with Crippen molar-refractivity contribution in [3.8, 4) is 11.3 Å². The maximum absolute atomic E-state index is 11.4. The molecule has 1 aliphatic carbocycles. The van der Waals surface area contributed by atoms with Crippen LogP contribution in [0.25, 0.3) is 22.2 Å². The number of β-amino-alcohol motifs (C(OH)–C–C–N with tert-alkyl or cyclic N) is 1. The van der Waals surface area contributed by atoms with E-state index in [9.17, 15) is 5.11 Å². The zero-order valence-electron chi connectivity index (χ0n) is 16.6. The van der Waals surface area contributed by atoms with E-state index in [1.54, 1.807) is 6.07 Å². The average Bonchev–Trinajstić information content (AvgIpc) is 2.72. The van der Waals surface area contributed by atoms with Crippen LogP contribution in [0.5, 0.6) is 0 Å². The molecule has 0 amide bonds. The van der Waals surface area contributed by atoms with Crippen molar-refractivity contribution in [2.45, 2.75) is 38.2 Å². The molecular weight excluding hydrogens is 439 g/mol. The van der Waals surface area contributed by atoms with Crippen LogP contribution < -0.4 is 0 Å². The van der Waals surface area contributed by atoms with E-state index in [0.29, 0.717) is 22.1 Å². The van der Waals surface area contributed by atoms with Gasteiger partial charge in [0.15, 0.2) is 0 Å². The quantitative estimate of drug-likeness (QED) is 0.485. The molecule has 1 atom stereocenters. The standard InChI is InChI=1S/C24H23Cl3N2O/c25-15-5-7-17-14(10-15)4-6-18-22(21(30)13-29-8-2-1-3-9-29)19-11-16(26)12-20(27)24(19)28-23(17)18/h5,7,10-12,21,30H,1-4,6,8-9,13H2. The summed E-state index contributed by atoms with van der Waals surface area (Å²) in [5.41, 5.74) is 5.86. The van der Waals surface area contributed by atoms with Crippen LogP contribution in [0.4, 0.5) is 0 Å². The highest BCUT2D eigenvalue weighted by atomic mass is 35.5. The Morgan fingerprint density at radius 3 is 2.57 bits per heavy atom. The van der Waals surface area contributed by atoms with Crippen molar-refractivity contribution in [1.29, 1.82) is 0 Å². The molecule has 0 saturated carbocycles. The van der Waals surface area contributed by atoms with Crippen LogP contribution in [-0.4, -0.2) is 34.6 Å². The van der Waals surface area contributed by atoms with Gasteiger partial charge in [-0.3, -0.25) is 0 Å². The lowest BCUT2D eigenvalue weighted by Crippen LogP contribution is -2.34. The molecule has 2 heterocycles. The Balaban J connectivity index is 1.70.